The van der Waals surface area contributed by atoms with Crippen molar-refractivity contribution in [2.75, 3.05) is 16.8 Å². The van der Waals surface area contributed by atoms with E-state index in [0.717, 1.165) is 9.37 Å². The molecule has 1 N–H and O–H groups in total. The Bertz CT molecular complexity index is 1080. The summed E-state index contributed by atoms with van der Waals surface area (Å²) in [5, 5.41) is 1.86. The lowest BCUT2D eigenvalue weighted by atomic mass is 9.80. The van der Waals surface area contributed by atoms with Crippen LogP contribution < -0.4 is 10.2 Å². The quantitative estimate of drug-likeness (QED) is 0.337. The molecule has 2 aromatic carbocycles. The molecule has 0 spiro atoms. The van der Waals surface area contributed by atoms with Gasteiger partial charge in [0.05, 0.1) is 33.8 Å². The van der Waals surface area contributed by atoms with Crippen molar-refractivity contribution in [3.05, 3.63) is 58.6 Å². The Balaban J connectivity index is 1.41. The van der Waals surface area contributed by atoms with Gasteiger partial charge >= 0.3 is 5.97 Å². The van der Waals surface area contributed by atoms with Crippen LogP contribution in [-0.4, -0.2) is 41.1 Å². The van der Waals surface area contributed by atoms with E-state index in [0.29, 0.717) is 18.5 Å². The monoisotopic (exact) mass is 552 g/mol. The fourth-order valence-electron chi connectivity index (χ4n) is 4.07. The Morgan fingerprint density at radius 3 is 2.21 bits per heavy atom. The maximum Gasteiger partial charge on any atom is 0.338 e. The number of ether oxygens (including phenoxy) is 1. The number of nitrogens with one attached hydrogen (secondary N) is 1. The number of halogens is 3. The third kappa shape index (κ3) is 5.08. The van der Waals surface area contributed by atoms with Crippen LogP contribution in [0.1, 0.15) is 23.2 Å². The van der Waals surface area contributed by atoms with Gasteiger partial charge in [0.2, 0.25) is 11.8 Å². The Labute approximate surface area is 208 Å². The third-order valence-corrected chi connectivity index (χ3v) is 7.34. The molecule has 1 aliphatic carbocycles. The Morgan fingerprint density at radius 1 is 1.00 bits per heavy atom. The van der Waals surface area contributed by atoms with E-state index in [4.69, 9.17) is 27.9 Å². The summed E-state index contributed by atoms with van der Waals surface area (Å²) in [6.45, 7) is -0.487. The summed E-state index contributed by atoms with van der Waals surface area (Å²) in [5.41, 5.74) is 0.947. The smallest absolute Gasteiger partial charge is 0.338 e. The maximum absolute atomic E-state index is 12.9. The average Bonchev–Trinajstić information content (AvgIpc) is 3.03. The second-order valence-electron chi connectivity index (χ2n) is 7.91. The minimum atomic E-state index is -0.749. The minimum Gasteiger partial charge on any atom is -0.452 e. The third-order valence-electron chi connectivity index (χ3n) is 5.71. The second kappa shape index (κ2) is 9.83. The number of anilines is 2. The van der Waals surface area contributed by atoms with Gasteiger partial charge in [0.15, 0.2) is 6.61 Å². The highest BCUT2D eigenvalue weighted by Gasteiger charge is 2.52. The van der Waals surface area contributed by atoms with Crippen LogP contribution in [0.5, 0.6) is 0 Å². The van der Waals surface area contributed by atoms with Gasteiger partial charge in [-0.2, -0.15) is 0 Å². The van der Waals surface area contributed by atoms with Gasteiger partial charge in [0.25, 0.3) is 5.91 Å². The number of benzene rings is 2. The predicted molar refractivity (Wildman–Crippen MR) is 127 cm³/mol. The fraction of sp³-hybridized carbons (Fsp3) is 0.304. The number of carbonyl (C=O) groups is 4. The van der Waals surface area contributed by atoms with Gasteiger partial charge in [0, 0.05) is 10.2 Å². The van der Waals surface area contributed by atoms with E-state index in [-0.39, 0.29) is 33.8 Å². The zero-order valence-electron chi connectivity index (χ0n) is 17.2. The molecular formula is C23H19BrCl2N2O5. The lowest BCUT2D eigenvalue weighted by molar-refractivity contribution is -0.122. The van der Waals surface area contributed by atoms with Crippen LogP contribution in [0.15, 0.2) is 53.0 Å². The molecule has 0 bridgehead atoms. The first-order valence-electron chi connectivity index (χ1n) is 10.2. The Kier molecular flexibility index (Phi) is 7.07. The van der Waals surface area contributed by atoms with Gasteiger partial charge in [-0.15, -0.1) is 23.2 Å². The van der Waals surface area contributed by atoms with Gasteiger partial charge in [0.1, 0.15) is 0 Å². The number of amides is 3. The zero-order valence-corrected chi connectivity index (χ0v) is 20.3. The van der Waals surface area contributed by atoms with Crippen LogP contribution in [0.25, 0.3) is 0 Å². The molecule has 1 aliphatic heterocycles. The highest BCUT2D eigenvalue weighted by atomic mass is 79.9. The van der Waals surface area contributed by atoms with E-state index in [1.165, 1.54) is 12.1 Å². The Morgan fingerprint density at radius 2 is 1.61 bits per heavy atom. The van der Waals surface area contributed by atoms with Gasteiger partial charge in [-0.05, 0) is 55.3 Å². The molecule has 7 nitrogen and oxygen atoms in total. The highest BCUT2D eigenvalue weighted by molar-refractivity contribution is 9.10. The van der Waals surface area contributed by atoms with Crippen molar-refractivity contribution >= 4 is 74.2 Å². The van der Waals surface area contributed by atoms with E-state index in [1.807, 2.05) is 0 Å². The topological polar surface area (TPSA) is 92.8 Å². The van der Waals surface area contributed by atoms with Crippen molar-refractivity contribution in [2.45, 2.75) is 23.6 Å². The summed E-state index contributed by atoms with van der Waals surface area (Å²) >= 11 is 15.7. The van der Waals surface area contributed by atoms with Crippen LogP contribution >= 0.6 is 39.1 Å². The first kappa shape index (κ1) is 23.7. The van der Waals surface area contributed by atoms with Crippen LogP contribution in [-0.2, 0) is 19.1 Å². The molecule has 10 heteroatoms. The highest BCUT2D eigenvalue weighted by Crippen LogP contribution is 2.43. The van der Waals surface area contributed by atoms with Crippen molar-refractivity contribution in [1.29, 1.82) is 0 Å². The van der Waals surface area contributed by atoms with E-state index in [2.05, 4.69) is 21.2 Å². The predicted octanol–water partition coefficient (Wildman–Crippen LogP) is 4.36. The number of esters is 1. The lowest BCUT2D eigenvalue weighted by Crippen LogP contribution is -2.34. The molecule has 33 heavy (non-hydrogen) atoms. The number of alkyl halides is 2. The summed E-state index contributed by atoms with van der Waals surface area (Å²) in [6, 6.07) is 12.9. The minimum absolute atomic E-state index is 0.116. The fourth-order valence-corrected chi connectivity index (χ4v) is 4.92. The van der Waals surface area contributed by atoms with Crippen molar-refractivity contribution in [2.24, 2.45) is 11.8 Å². The van der Waals surface area contributed by atoms with Crippen molar-refractivity contribution in [3.8, 4) is 0 Å². The molecular weight excluding hydrogens is 535 g/mol. The summed E-state index contributed by atoms with van der Waals surface area (Å²) in [6.07, 6.45) is 0.660. The largest absolute Gasteiger partial charge is 0.452 e. The molecule has 1 saturated heterocycles. The van der Waals surface area contributed by atoms with E-state index < -0.39 is 30.3 Å². The maximum atomic E-state index is 12.9. The SMILES string of the molecule is O=C(COC(=O)c1cccc(N2C(=O)[C@@H]3C[C@H](Cl)[C@@H](Cl)C[C@H]3C2=O)c1)Nc1ccc(Br)cc1. The molecule has 1 heterocycles. The number of fused-ring (bicyclic) bond motifs is 1. The molecule has 0 aromatic heterocycles. The number of carbonyl (C=O) groups excluding carboxylic acids is 4. The second-order valence-corrected chi connectivity index (χ2v) is 9.95. The molecule has 2 fully saturated rings. The molecule has 4 atom stereocenters. The lowest BCUT2D eigenvalue weighted by Gasteiger charge is -2.28. The van der Waals surface area contributed by atoms with Crippen LogP contribution in [0.2, 0.25) is 0 Å². The van der Waals surface area contributed by atoms with E-state index in [9.17, 15) is 19.2 Å². The molecule has 2 aliphatic rings. The van der Waals surface area contributed by atoms with Gasteiger partial charge in [-0.3, -0.25) is 19.3 Å². The van der Waals surface area contributed by atoms with Crippen LogP contribution in [0.4, 0.5) is 11.4 Å². The zero-order chi connectivity index (χ0) is 23.7. The molecule has 0 radical (unpaired) electrons. The van der Waals surface area contributed by atoms with E-state index >= 15 is 0 Å². The molecule has 2 aromatic rings. The number of rotatable bonds is 5. The molecule has 3 amide bonds. The van der Waals surface area contributed by atoms with Gasteiger partial charge in [-0.25, -0.2) is 4.79 Å². The molecule has 1 saturated carbocycles. The summed E-state index contributed by atoms with van der Waals surface area (Å²) in [4.78, 5) is 51.5. The normalized spacial score (nSPS) is 24.4. The number of hydrogen-bond donors (Lipinski definition) is 1. The molecule has 4 rings (SSSR count). The van der Waals surface area contributed by atoms with Crippen LogP contribution in [0, 0.1) is 11.8 Å². The number of imide groups is 1. The van der Waals surface area contributed by atoms with Crippen molar-refractivity contribution in [3.63, 3.8) is 0 Å². The Hall–Kier alpha value is -2.42. The first-order valence-corrected chi connectivity index (χ1v) is 11.9. The van der Waals surface area contributed by atoms with Gasteiger partial charge in [-0.1, -0.05) is 22.0 Å². The van der Waals surface area contributed by atoms with Gasteiger partial charge < -0.3 is 10.1 Å². The molecule has 172 valence electrons. The summed E-state index contributed by atoms with van der Waals surface area (Å²) in [7, 11) is 0. The molecule has 0 unspecified atom stereocenters. The summed E-state index contributed by atoms with van der Waals surface area (Å²) in [5.74, 6) is -2.99. The average molecular weight is 554 g/mol. The van der Waals surface area contributed by atoms with Crippen LogP contribution in [0.3, 0.4) is 0 Å². The standard InChI is InChI=1S/C23H19BrCl2N2O5/c24-13-4-6-14(7-5-13)27-20(29)11-33-23(32)12-2-1-3-15(8-12)28-21(30)16-9-18(25)19(26)10-17(16)22(28)31/h1-8,16-19H,9-11H2,(H,27,29)/t16-,17-,18+,19+/m1/s1. The first-order chi connectivity index (χ1) is 15.7. The summed E-state index contributed by atoms with van der Waals surface area (Å²) < 4.78 is 5.96. The van der Waals surface area contributed by atoms with Crippen molar-refractivity contribution in [1.82, 2.24) is 0 Å². The number of nitrogens with zero attached hydrogens (tertiary/aromatic N) is 1. The van der Waals surface area contributed by atoms with Crippen molar-refractivity contribution < 1.29 is 23.9 Å². The van der Waals surface area contributed by atoms with E-state index in [1.54, 1.807) is 36.4 Å². The number of hydrogen-bond acceptors (Lipinski definition) is 5.